The molecule has 0 atom stereocenters. The van der Waals surface area contributed by atoms with Crippen LogP contribution in [0.5, 0.6) is 0 Å². The molecule has 2 N–H and O–H groups in total. The van der Waals surface area contributed by atoms with Gasteiger partial charge in [-0.25, -0.2) is 4.98 Å². The normalized spacial score (nSPS) is 18.8. The second-order valence-electron chi connectivity index (χ2n) is 5.26. The van der Waals surface area contributed by atoms with Crippen LogP contribution in [0.25, 0.3) is 0 Å². The van der Waals surface area contributed by atoms with E-state index in [1.165, 1.54) is 0 Å². The number of carbonyl (C=O) groups is 1. The van der Waals surface area contributed by atoms with Crippen LogP contribution in [-0.2, 0) is 11.2 Å². The lowest BCUT2D eigenvalue weighted by atomic mass is 9.82. The molecule has 5 nitrogen and oxygen atoms in total. The van der Waals surface area contributed by atoms with E-state index < -0.39 is 11.4 Å². The molecule has 1 fully saturated rings. The van der Waals surface area contributed by atoms with Gasteiger partial charge in [0, 0.05) is 12.3 Å². The average molecular weight is 237 g/mol. The van der Waals surface area contributed by atoms with Gasteiger partial charge in [-0.15, -0.1) is 0 Å². The number of carboxylic acids is 1. The monoisotopic (exact) mass is 237 g/mol. The highest BCUT2D eigenvalue weighted by atomic mass is 16.4. The molecule has 0 aliphatic heterocycles. The summed E-state index contributed by atoms with van der Waals surface area (Å²) in [5, 5.41) is 16.4. The number of nitrogens with one attached hydrogen (secondary N) is 1. The lowest BCUT2D eigenvalue weighted by molar-refractivity contribution is -0.148. The first kappa shape index (κ1) is 12.1. The maximum absolute atomic E-state index is 11.4. The molecule has 1 aliphatic carbocycles. The summed E-state index contributed by atoms with van der Waals surface area (Å²) < 4.78 is 0. The Morgan fingerprint density at radius 1 is 1.47 bits per heavy atom. The second kappa shape index (κ2) is 4.47. The first-order valence-electron chi connectivity index (χ1n) is 6.18. The fraction of sp³-hybridized carbons (Fsp3) is 0.750. The minimum absolute atomic E-state index is 0.268. The molecule has 0 spiro atoms. The van der Waals surface area contributed by atoms with E-state index in [1.54, 1.807) is 0 Å². The van der Waals surface area contributed by atoms with Crippen LogP contribution in [-0.4, -0.2) is 26.3 Å². The molecule has 94 valence electrons. The molecule has 1 aromatic rings. The average Bonchev–Trinajstić information content (AvgIpc) is 2.88. The maximum Gasteiger partial charge on any atom is 0.310 e. The van der Waals surface area contributed by atoms with Crippen molar-refractivity contribution in [1.82, 2.24) is 15.2 Å². The number of hydrogen-bond acceptors (Lipinski definition) is 3. The molecule has 1 aliphatic rings. The summed E-state index contributed by atoms with van der Waals surface area (Å²) in [7, 11) is 0. The lowest BCUT2D eigenvalue weighted by Crippen LogP contribution is -2.30. The number of hydrogen-bond donors (Lipinski definition) is 2. The Kier molecular flexibility index (Phi) is 3.17. The van der Waals surface area contributed by atoms with Crippen molar-refractivity contribution in [3.8, 4) is 0 Å². The van der Waals surface area contributed by atoms with Crippen molar-refractivity contribution in [2.45, 2.75) is 51.9 Å². The van der Waals surface area contributed by atoms with E-state index in [0.29, 0.717) is 12.2 Å². The Hall–Kier alpha value is -1.39. The summed E-state index contributed by atoms with van der Waals surface area (Å²) in [5.74, 6) is 1.04. The van der Waals surface area contributed by atoms with Crippen molar-refractivity contribution >= 4 is 5.97 Å². The van der Waals surface area contributed by atoms with Gasteiger partial charge in [0.1, 0.15) is 5.82 Å². The van der Waals surface area contributed by atoms with E-state index in [0.717, 1.165) is 31.5 Å². The van der Waals surface area contributed by atoms with Gasteiger partial charge in [0.05, 0.1) is 5.41 Å². The zero-order valence-corrected chi connectivity index (χ0v) is 10.4. The van der Waals surface area contributed by atoms with Crippen LogP contribution in [0, 0.1) is 5.41 Å². The molecule has 0 amide bonds. The van der Waals surface area contributed by atoms with E-state index >= 15 is 0 Å². The highest BCUT2D eigenvalue weighted by Gasteiger charge is 2.42. The third-order valence-corrected chi connectivity index (χ3v) is 3.59. The lowest BCUT2D eigenvalue weighted by Gasteiger charge is -2.21. The standard InChI is InChI=1S/C12H19N3O2/c1-8(2)10-13-9(14-15-10)7-12(11(16)17)5-3-4-6-12/h8H,3-7H2,1-2H3,(H,16,17)(H,13,14,15). The molecule has 0 saturated heterocycles. The summed E-state index contributed by atoms with van der Waals surface area (Å²) in [6, 6.07) is 0. The van der Waals surface area contributed by atoms with E-state index in [9.17, 15) is 9.90 Å². The third kappa shape index (κ3) is 2.33. The quantitative estimate of drug-likeness (QED) is 0.840. The van der Waals surface area contributed by atoms with Crippen molar-refractivity contribution in [2.24, 2.45) is 5.41 Å². The van der Waals surface area contributed by atoms with Crippen molar-refractivity contribution in [3.63, 3.8) is 0 Å². The molecule has 17 heavy (non-hydrogen) atoms. The highest BCUT2D eigenvalue weighted by Crippen LogP contribution is 2.40. The molecule has 1 heterocycles. The number of aromatic amines is 1. The SMILES string of the molecule is CC(C)c1n[nH]c(CC2(C(=O)O)CCCC2)n1. The van der Waals surface area contributed by atoms with E-state index in [2.05, 4.69) is 15.2 Å². The van der Waals surface area contributed by atoms with Crippen LogP contribution < -0.4 is 0 Å². The number of H-pyrrole nitrogens is 1. The van der Waals surface area contributed by atoms with Crippen LogP contribution in [0.15, 0.2) is 0 Å². The van der Waals surface area contributed by atoms with Crippen LogP contribution in [0.1, 0.15) is 57.1 Å². The van der Waals surface area contributed by atoms with Crippen molar-refractivity contribution < 1.29 is 9.90 Å². The van der Waals surface area contributed by atoms with Gasteiger partial charge in [-0.3, -0.25) is 9.89 Å². The predicted octanol–water partition coefficient (Wildman–Crippen LogP) is 2.12. The molecule has 5 heteroatoms. The highest BCUT2D eigenvalue weighted by molar-refractivity contribution is 5.75. The summed E-state index contributed by atoms with van der Waals surface area (Å²) in [4.78, 5) is 15.8. The summed E-state index contributed by atoms with van der Waals surface area (Å²) in [6.07, 6.45) is 3.97. The number of nitrogens with zero attached hydrogens (tertiary/aromatic N) is 2. The Labute approximate surface area is 101 Å². The molecular formula is C12H19N3O2. The number of aliphatic carboxylic acids is 1. The van der Waals surface area contributed by atoms with Gasteiger partial charge in [-0.05, 0) is 12.8 Å². The second-order valence-corrected chi connectivity index (χ2v) is 5.26. The largest absolute Gasteiger partial charge is 0.481 e. The molecule has 0 unspecified atom stereocenters. The van der Waals surface area contributed by atoms with Crippen molar-refractivity contribution in [2.75, 3.05) is 0 Å². The van der Waals surface area contributed by atoms with Crippen LogP contribution in [0.4, 0.5) is 0 Å². The maximum atomic E-state index is 11.4. The minimum atomic E-state index is -0.697. The number of rotatable bonds is 4. The fourth-order valence-corrected chi connectivity index (χ4v) is 2.49. The zero-order valence-electron chi connectivity index (χ0n) is 10.4. The first-order chi connectivity index (χ1) is 8.03. The van der Waals surface area contributed by atoms with E-state index in [1.807, 2.05) is 13.8 Å². The summed E-state index contributed by atoms with van der Waals surface area (Å²) >= 11 is 0. The Morgan fingerprint density at radius 2 is 2.12 bits per heavy atom. The smallest absolute Gasteiger partial charge is 0.310 e. The summed E-state index contributed by atoms with van der Waals surface area (Å²) in [6.45, 7) is 4.05. The van der Waals surface area contributed by atoms with Gasteiger partial charge >= 0.3 is 5.97 Å². The third-order valence-electron chi connectivity index (χ3n) is 3.59. The molecule has 1 saturated carbocycles. The first-order valence-corrected chi connectivity index (χ1v) is 6.18. The topological polar surface area (TPSA) is 78.9 Å². The van der Waals surface area contributed by atoms with Gasteiger partial charge in [-0.1, -0.05) is 26.7 Å². The molecular weight excluding hydrogens is 218 g/mol. The number of carboxylic acid groups (broad SMARTS) is 1. The Bertz CT molecular complexity index is 406. The zero-order chi connectivity index (χ0) is 12.5. The molecule has 0 aromatic carbocycles. The van der Waals surface area contributed by atoms with Gasteiger partial charge in [0.15, 0.2) is 5.82 Å². The molecule has 0 bridgehead atoms. The molecule has 2 rings (SSSR count). The predicted molar refractivity (Wildman–Crippen MR) is 62.7 cm³/mol. The van der Waals surface area contributed by atoms with Crippen LogP contribution in [0.3, 0.4) is 0 Å². The van der Waals surface area contributed by atoms with Crippen molar-refractivity contribution in [1.29, 1.82) is 0 Å². The van der Waals surface area contributed by atoms with Crippen LogP contribution >= 0.6 is 0 Å². The van der Waals surface area contributed by atoms with E-state index in [-0.39, 0.29) is 5.92 Å². The van der Waals surface area contributed by atoms with Gasteiger partial charge in [0.2, 0.25) is 0 Å². The van der Waals surface area contributed by atoms with Gasteiger partial charge < -0.3 is 5.11 Å². The Morgan fingerprint density at radius 3 is 2.59 bits per heavy atom. The van der Waals surface area contributed by atoms with Gasteiger partial charge in [0.25, 0.3) is 0 Å². The van der Waals surface area contributed by atoms with E-state index in [4.69, 9.17) is 0 Å². The van der Waals surface area contributed by atoms with Gasteiger partial charge in [-0.2, -0.15) is 5.10 Å². The Balaban J connectivity index is 2.15. The van der Waals surface area contributed by atoms with Crippen LogP contribution in [0.2, 0.25) is 0 Å². The molecule has 0 radical (unpaired) electrons. The molecule has 1 aromatic heterocycles. The fourth-order valence-electron chi connectivity index (χ4n) is 2.49. The number of aromatic nitrogens is 3. The summed E-state index contributed by atoms with van der Waals surface area (Å²) in [5.41, 5.74) is -0.617. The van der Waals surface area contributed by atoms with Crippen molar-refractivity contribution in [3.05, 3.63) is 11.6 Å². The minimum Gasteiger partial charge on any atom is -0.481 e.